The average molecular weight is 222 g/mol. The van der Waals surface area contributed by atoms with Crippen molar-refractivity contribution >= 4 is 5.91 Å². The molecule has 0 fully saturated rings. The minimum absolute atomic E-state index is 0.0404. The maximum absolute atomic E-state index is 11.9. The van der Waals surface area contributed by atoms with Crippen molar-refractivity contribution in [3.05, 3.63) is 5.82 Å². The topological polar surface area (TPSA) is 98.6 Å². The molecule has 0 aliphatic carbocycles. The van der Waals surface area contributed by atoms with Gasteiger partial charge in [0, 0.05) is 13.1 Å². The third kappa shape index (κ3) is 3.31. The van der Waals surface area contributed by atoms with E-state index < -0.39 is 0 Å². The summed E-state index contributed by atoms with van der Waals surface area (Å²) in [4.78, 5) is 13.4. The second-order valence-corrected chi connectivity index (χ2v) is 3.79. The second kappa shape index (κ2) is 5.80. The highest BCUT2D eigenvalue weighted by Gasteiger charge is 2.20. The van der Waals surface area contributed by atoms with E-state index in [4.69, 9.17) is 5.26 Å². The zero-order chi connectivity index (χ0) is 12.0. The average Bonchev–Trinajstić information content (AvgIpc) is 2.76. The molecule has 0 aliphatic rings. The number of nitrogens with zero attached hydrogens (tertiary/aromatic N) is 5. The van der Waals surface area contributed by atoms with Crippen LogP contribution in [0.25, 0.3) is 0 Å². The summed E-state index contributed by atoms with van der Waals surface area (Å²) < 4.78 is 0. The molecule has 0 spiro atoms. The highest BCUT2D eigenvalue weighted by molar-refractivity contribution is 5.90. The molecule has 0 atom stereocenters. The van der Waals surface area contributed by atoms with E-state index in [0.29, 0.717) is 25.4 Å². The van der Waals surface area contributed by atoms with Gasteiger partial charge in [-0.25, -0.2) is 0 Å². The molecule has 16 heavy (non-hydrogen) atoms. The summed E-state index contributed by atoms with van der Waals surface area (Å²) in [6.07, 6.45) is 0.302. The van der Waals surface area contributed by atoms with Crippen molar-refractivity contribution in [2.45, 2.75) is 20.3 Å². The van der Waals surface area contributed by atoms with Crippen LogP contribution in [-0.4, -0.2) is 44.5 Å². The molecule has 7 nitrogen and oxygen atoms in total. The first-order valence-corrected chi connectivity index (χ1v) is 5.04. The van der Waals surface area contributed by atoms with Crippen LogP contribution in [0.15, 0.2) is 0 Å². The number of aromatic amines is 1. The van der Waals surface area contributed by atoms with Crippen molar-refractivity contribution in [1.82, 2.24) is 25.5 Å². The number of nitriles is 1. The fourth-order valence-electron chi connectivity index (χ4n) is 1.30. The van der Waals surface area contributed by atoms with Crippen LogP contribution in [0.4, 0.5) is 0 Å². The fraction of sp³-hybridized carbons (Fsp3) is 0.667. The number of tetrazole rings is 1. The Hall–Kier alpha value is -1.97. The van der Waals surface area contributed by atoms with Gasteiger partial charge in [-0.3, -0.25) is 4.79 Å². The summed E-state index contributed by atoms with van der Waals surface area (Å²) in [5.41, 5.74) is 0. The zero-order valence-electron chi connectivity index (χ0n) is 9.34. The Kier molecular flexibility index (Phi) is 4.39. The van der Waals surface area contributed by atoms with Gasteiger partial charge in [0.2, 0.25) is 0 Å². The highest BCUT2D eigenvalue weighted by Crippen LogP contribution is 2.03. The molecule has 0 bridgehead atoms. The first-order valence-electron chi connectivity index (χ1n) is 5.04. The first kappa shape index (κ1) is 12.1. The predicted octanol–water partition coefficient (Wildman–Crippen LogP) is 0.212. The molecule has 7 heteroatoms. The monoisotopic (exact) mass is 222 g/mol. The van der Waals surface area contributed by atoms with Gasteiger partial charge in [-0.2, -0.15) is 10.5 Å². The van der Waals surface area contributed by atoms with E-state index >= 15 is 0 Å². The molecule has 1 amide bonds. The number of carbonyl (C=O) groups excluding carboxylic acids is 1. The van der Waals surface area contributed by atoms with Crippen LogP contribution in [0.3, 0.4) is 0 Å². The minimum Gasteiger partial charge on any atom is -0.335 e. The Labute approximate surface area is 93.4 Å². The van der Waals surface area contributed by atoms with Gasteiger partial charge >= 0.3 is 0 Å². The van der Waals surface area contributed by atoms with Crippen molar-refractivity contribution in [2.75, 3.05) is 13.1 Å². The lowest BCUT2D eigenvalue weighted by atomic mass is 10.2. The molecule has 0 radical (unpaired) electrons. The normalized spacial score (nSPS) is 10.1. The van der Waals surface area contributed by atoms with Gasteiger partial charge in [-0.1, -0.05) is 13.8 Å². The van der Waals surface area contributed by atoms with Crippen LogP contribution in [0.5, 0.6) is 0 Å². The lowest BCUT2D eigenvalue weighted by Crippen LogP contribution is -2.35. The fourth-order valence-corrected chi connectivity index (χ4v) is 1.30. The second-order valence-electron chi connectivity index (χ2n) is 3.79. The van der Waals surface area contributed by atoms with E-state index in [1.54, 1.807) is 4.90 Å². The number of amides is 1. The number of nitrogens with one attached hydrogen (secondary N) is 1. The first-order chi connectivity index (χ1) is 7.65. The molecule has 1 heterocycles. The van der Waals surface area contributed by atoms with E-state index in [0.717, 1.165) is 0 Å². The van der Waals surface area contributed by atoms with Crippen LogP contribution in [-0.2, 0) is 0 Å². The maximum atomic E-state index is 11.9. The molecular weight excluding hydrogens is 208 g/mol. The number of rotatable bonds is 5. The molecule has 0 unspecified atom stereocenters. The summed E-state index contributed by atoms with van der Waals surface area (Å²) in [6.45, 7) is 4.98. The number of aromatic nitrogens is 4. The minimum atomic E-state index is -0.294. The highest BCUT2D eigenvalue weighted by atomic mass is 16.2. The Bertz CT molecular complexity index is 366. The standard InChI is InChI=1S/C9H14N6O/c1-7(2)6-15(5-3-4-10)9(16)8-11-13-14-12-8/h7H,3,5-6H2,1-2H3,(H,11,12,13,14). The van der Waals surface area contributed by atoms with Crippen LogP contribution >= 0.6 is 0 Å². The maximum Gasteiger partial charge on any atom is 0.295 e. The molecule has 0 aliphatic heterocycles. The van der Waals surface area contributed by atoms with Gasteiger partial charge < -0.3 is 4.90 Å². The van der Waals surface area contributed by atoms with Crippen molar-refractivity contribution in [3.63, 3.8) is 0 Å². The summed E-state index contributed by atoms with van der Waals surface area (Å²) >= 11 is 0. The summed E-state index contributed by atoms with van der Waals surface area (Å²) in [5.74, 6) is 0.0748. The number of carbonyl (C=O) groups is 1. The number of hydrogen-bond donors (Lipinski definition) is 1. The molecule has 0 saturated heterocycles. The molecule has 0 aromatic carbocycles. The Morgan fingerprint density at radius 1 is 1.62 bits per heavy atom. The Morgan fingerprint density at radius 3 is 2.88 bits per heavy atom. The quantitative estimate of drug-likeness (QED) is 0.767. The molecule has 1 aromatic rings. The van der Waals surface area contributed by atoms with Crippen molar-refractivity contribution in [1.29, 1.82) is 5.26 Å². The van der Waals surface area contributed by atoms with Crippen LogP contribution < -0.4 is 0 Å². The lowest BCUT2D eigenvalue weighted by molar-refractivity contribution is 0.0727. The Morgan fingerprint density at radius 2 is 2.38 bits per heavy atom. The van der Waals surface area contributed by atoms with Gasteiger partial charge in [0.05, 0.1) is 12.5 Å². The molecule has 1 N–H and O–H groups in total. The van der Waals surface area contributed by atoms with Gasteiger partial charge in [0.25, 0.3) is 11.7 Å². The number of H-pyrrole nitrogens is 1. The molecule has 1 rings (SSSR count). The van der Waals surface area contributed by atoms with Crippen molar-refractivity contribution < 1.29 is 4.79 Å². The lowest BCUT2D eigenvalue weighted by Gasteiger charge is -2.21. The van der Waals surface area contributed by atoms with E-state index in [2.05, 4.69) is 20.6 Å². The van der Waals surface area contributed by atoms with Gasteiger partial charge in [0.1, 0.15) is 0 Å². The third-order valence-corrected chi connectivity index (χ3v) is 1.90. The van der Waals surface area contributed by atoms with Gasteiger partial charge in [0.15, 0.2) is 0 Å². The SMILES string of the molecule is CC(C)CN(CCC#N)C(=O)c1nn[nH]n1. The molecule has 1 aromatic heterocycles. The van der Waals surface area contributed by atoms with Crippen LogP contribution in [0.1, 0.15) is 30.9 Å². The van der Waals surface area contributed by atoms with E-state index in [1.165, 1.54) is 0 Å². The molecular formula is C9H14N6O. The number of hydrogen-bond acceptors (Lipinski definition) is 5. The zero-order valence-corrected chi connectivity index (χ0v) is 9.34. The summed E-state index contributed by atoms with van der Waals surface area (Å²) in [6, 6.07) is 2.01. The Balaban J connectivity index is 2.68. The van der Waals surface area contributed by atoms with Crippen molar-refractivity contribution in [2.24, 2.45) is 5.92 Å². The molecule has 0 saturated carbocycles. The summed E-state index contributed by atoms with van der Waals surface area (Å²) in [7, 11) is 0. The van der Waals surface area contributed by atoms with Crippen molar-refractivity contribution in [3.8, 4) is 6.07 Å². The summed E-state index contributed by atoms with van der Waals surface area (Å²) in [5, 5.41) is 21.4. The van der Waals surface area contributed by atoms with Gasteiger partial charge in [-0.05, 0) is 11.1 Å². The van der Waals surface area contributed by atoms with E-state index in [1.807, 2.05) is 19.9 Å². The van der Waals surface area contributed by atoms with Gasteiger partial charge in [-0.15, -0.1) is 10.2 Å². The molecule has 86 valence electrons. The largest absolute Gasteiger partial charge is 0.335 e. The smallest absolute Gasteiger partial charge is 0.295 e. The van der Waals surface area contributed by atoms with E-state index in [-0.39, 0.29) is 11.7 Å². The third-order valence-electron chi connectivity index (χ3n) is 1.90. The predicted molar refractivity (Wildman–Crippen MR) is 55.1 cm³/mol. The van der Waals surface area contributed by atoms with Crippen LogP contribution in [0, 0.1) is 17.2 Å². The van der Waals surface area contributed by atoms with E-state index in [9.17, 15) is 4.79 Å². The van der Waals surface area contributed by atoms with Crippen LogP contribution in [0.2, 0.25) is 0 Å².